The van der Waals surface area contributed by atoms with E-state index in [1.54, 1.807) is 23.1 Å². The van der Waals surface area contributed by atoms with Crippen LogP contribution < -0.4 is 5.32 Å². The summed E-state index contributed by atoms with van der Waals surface area (Å²) in [5.74, 6) is -0.891. The third-order valence-electron chi connectivity index (χ3n) is 4.67. The molecule has 28 heavy (non-hydrogen) atoms. The Bertz CT molecular complexity index is 927. The van der Waals surface area contributed by atoms with E-state index >= 15 is 0 Å². The van der Waals surface area contributed by atoms with Crippen LogP contribution in [0, 0.1) is 11.7 Å². The number of hydrogen-bond acceptors (Lipinski definition) is 3. The molecule has 1 N–H and O–H groups in total. The van der Waals surface area contributed by atoms with Crippen molar-refractivity contribution in [2.24, 2.45) is 5.92 Å². The van der Waals surface area contributed by atoms with Gasteiger partial charge in [0.1, 0.15) is 5.82 Å². The van der Waals surface area contributed by atoms with E-state index < -0.39 is 5.82 Å². The largest absolute Gasteiger partial charge is 0.328 e. The highest BCUT2D eigenvalue weighted by atomic mass is 32.2. The minimum absolute atomic E-state index is 0.0110. The van der Waals surface area contributed by atoms with E-state index in [1.165, 1.54) is 30.0 Å². The van der Waals surface area contributed by atoms with Crippen LogP contribution in [0.25, 0.3) is 0 Å². The van der Waals surface area contributed by atoms with Gasteiger partial charge >= 0.3 is 0 Å². The third-order valence-corrected chi connectivity index (χ3v) is 5.40. The van der Waals surface area contributed by atoms with Crippen molar-refractivity contribution in [2.75, 3.05) is 18.1 Å². The lowest BCUT2D eigenvalue weighted by molar-refractivity contribution is 0.0720. The maximum Gasteiger partial charge on any atom is 0.255 e. The number of nitrogens with zero attached hydrogens (tertiary/aromatic N) is 1. The van der Waals surface area contributed by atoms with Gasteiger partial charge in [0.15, 0.2) is 0 Å². The molecule has 0 bridgehead atoms. The molecule has 0 fully saturated rings. The summed E-state index contributed by atoms with van der Waals surface area (Å²) in [5, 5.41) is 2.70. The summed E-state index contributed by atoms with van der Waals surface area (Å²) in [7, 11) is 0. The predicted octanol–water partition coefficient (Wildman–Crippen LogP) is 4.84. The molecule has 0 aliphatic carbocycles. The maximum absolute atomic E-state index is 14.2. The fourth-order valence-corrected chi connectivity index (χ4v) is 3.72. The van der Waals surface area contributed by atoms with Crippen LogP contribution in [0.5, 0.6) is 0 Å². The van der Waals surface area contributed by atoms with Crippen LogP contribution in [0.3, 0.4) is 0 Å². The van der Waals surface area contributed by atoms with Gasteiger partial charge in [0.05, 0.1) is 6.04 Å². The zero-order valence-electron chi connectivity index (χ0n) is 16.1. The van der Waals surface area contributed by atoms with Crippen molar-refractivity contribution in [3.63, 3.8) is 0 Å². The average Bonchev–Trinajstić information content (AvgIpc) is 3.17. The molecule has 2 aromatic carbocycles. The van der Waals surface area contributed by atoms with Gasteiger partial charge in [0.25, 0.3) is 11.8 Å². The van der Waals surface area contributed by atoms with Gasteiger partial charge in [-0.2, -0.15) is 0 Å². The number of nitrogens with one attached hydrogen (secondary N) is 1. The van der Waals surface area contributed by atoms with E-state index in [1.807, 2.05) is 38.3 Å². The summed E-state index contributed by atoms with van der Waals surface area (Å²) >= 11 is 1.54. The van der Waals surface area contributed by atoms with Crippen LogP contribution in [0.15, 0.2) is 59.5 Å². The Labute approximate surface area is 168 Å². The highest BCUT2D eigenvalue weighted by molar-refractivity contribution is 7.98. The molecule has 1 atom stereocenters. The number of hydrogen-bond donors (Lipinski definition) is 1. The molecule has 1 heterocycles. The second kappa shape index (κ2) is 8.61. The van der Waals surface area contributed by atoms with E-state index in [2.05, 4.69) is 5.32 Å². The second-order valence-electron chi connectivity index (χ2n) is 7.03. The Kier molecular flexibility index (Phi) is 6.19. The maximum atomic E-state index is 14.2. The zero-order chi connectivity index (χ0) is 20.3. The van der Waals surface area contributed by atoms with E-state index in [0.717, 1.165) is 4.90 Å². The Morgan fingerprint density at radius 1 is 1.18 bits per heavy atom. The van der Waals surface area contributed by atoms with Gasteiger partial charge in [-0.1, -0.05) is 32.1 Å². The number of rotatable bonds is 5. The van der Waals surface area contributed by atoms with Crippen LogP contribution in [-0.2, 0) is 0 Å². The molecule has 0 saturated carbocycles. The molecule has 0 spiro atoms. The fourth-order valence-electron chi connectivity index (χ4n) is 3.26. The van der Waals surface area contributed by atoms with Crippen molar-refractivity contribution in [1.29, 1.82) is 0 Å². The summed E-state index contributed by atoms with van der Waals surface area (Å²) in [4.78, 5) is 28.1. The summed E-state index contributed by atoms with van der Waals surface area (Å²) in [5.41, 5.74) is 0.964. The van der Waals surface area contributed by atoms with E-state index in [-0.39, 0.29) is 35.0 Å². The molecule has 0 saturated heterocycles. The number of benzene rings is 2. The molecular formula is C22H23FN2O2S. The third kappa shape index (κ3) is 4.44. The molecule has 0 radical (unpaired) electrons. The summed E-state index contributed by atoms with van der Waals surface area (Å²) in [6.07, 6.45) is 5.88. The van der Waals surface area contributed by atoms with Crippen molar-refractivity contribution in [3.8, 4) is 0 Å². The van der Waals surface area contributed by atoms with Crippen molar-refractivity contribution in [2.45, 2.75) is 24.8 Å². The van der Waals surface area contributed by atoms with Gasteiger partial charge in [-0.05, 0) is 48.6 Å². The molecule has 1 aliphatic rings. The first-order valence-electron chi connectivity index (χ1n) is 9.12. The first-order valence-corrected chi connectivity index (χ1v) is 10.3. The molecule has 2 aromatic rings. The van der Waals surface area contributed by atoms with Crippen LogP contribution >= 0.6 is 11.8 Å². The number of carbonyl (C=O) groups excluding carboxylic acids is 2. The Hall–Kier alpha value is -2.60. The Morgan fingerprint density at radius 2 is 1.96 bits per heavy atom. The monoisotopic (exact) mass is 398 g/mol. The van der Waals surface area contributed by atoms with Crippen molar-refractivity contribution in [3.05, 3.63) is 71.6 Å². The van der Waals surface area contributed by atoms with Gasteiger partial charge in [-0.25, -0.2) is 4.39 Å². The first-order chi connectivity index (χ1) is 13.4. The van der Waals surface area contributed by atoms with Crippen LogP contribution in [0.4, 0.5) is 10.1 Å². The highest BCUT2D eigenvalue weighted by Crippen LogP contribution is 2.23. The molecule has 146 valence electrons. The van der Waals surface area contributed by atoms with Gasteiger partial charge < -0.3 is 10.2 Å². The minimum Gasteiger partial charge on any atom is -0.328 e. The lowest BCUT2D eigenvalue weighted by Gasteiger charge is -2.27. The fraction of sp³-hybridized carbons (Fsp3) is 0.273. The zero-order valence-corrected chi connectivity index (χ0v) is 16.9. The number of amides is 2. The first kappa shape index (κ1) is 20.1. The molecular weight excluding hydrogens is 375 g/mol. The molecule has 0 aromatic heterocycles. The Balaban J connectivity index is 1.81. The minimum atomic E-state index is -0.563. The van der Waals surface area contributed by atoms with Crippen molar-refractivity contribution in [1.82, 2.24) is 4.90 Å². The number of thioether (sulfide) groups is 1. The van der Waals surface area contributed by atoms with E-state index in [0.29, 0.717) is 12.1 Å². The molecule has 1 unspecified atom stereocenters. The molecule has 6 heteroatoms. The number of anilines is 1. The summed E-state index contributed by atoms with van der Waals surface area (Å²) in [6.45, 7) is 4.59. The lowest BCUT2D eigenvalue weighted by atomic mass is 10.0. The van der Waals surface area contributed by atoms with Gasteiger partial charge in [-0.3, -0.25) is 9.59 Å². The standard InChI is InChI=1S/C22H23FN2O2S/c1-14(2)20-8-5-9-25(20)22(27)16-10-17(23)13-18(11-16)24-21(26)15-6-4-7-19(12-15)28-3/h4-8,10-14,20H,9H2,1-3H3,(H,24,26). The van der Waals surface area contributed by atoms with Crippen molar-refractivity contribution >= 4 is 29.3 Å². The smallest absolute Gasteiger partial charge is 0.255 e. The Morgan fingerprint density at radius 3 is 2.68 bits per heavy atom. The van der Waals surface area contributed by atoms with Gasteiger partial charge in [-0.15, -0.1) is 11.8 Å². The van der Waals surface area contributed by atoms with Gasteiger partial charge in [0.2, 0.25) is 0 Å². The quantitative estimate of drug-likeness (QED) is 0.579. The van der Waals surface area contributed by atoms with Crippen molar-refractivity contribution < 1.29 is 14.0 Å². The average molecular weight is 399 g/mol. The highest BCUT2D eigenvalue weighted by Gasteiger charge is 2.28. The second-order valence-corrected chi connectivity index (χ2v) is 7.91. The summed E-state index contributed by atoms with van der Waals surface area (Å²) < 4.78 is 14.2. The number of halogens is 1. The number of carbonyl (C=O) groups is 2. The van der Waals surface area contributed by atoms with Crippen LogP contribution in [0.2, 0.25) is 0 Å². The SMILES string of the molecule is CSc1cccc(C(=O)Nc2cc(F)cc(C(=O)N3CC=CC3C(C)C)c2)c1. The normalized spacial score (nSPS) is 15.9. The molecule has 2 amide bonds. The lowest BCUT2D eigenvalue weighted by Crippen LogP contribution is -2.39. The topological polar surface area (TPSA) is 49.4 Å². The van der Waals surface area contributed by atoms with E-state index in [9.17, 15) is 14.0 Å². The van der Waals surface area contributed by atoms with Crippen LogP contribution in [0.1, 0.15) is 34.6 Å². The molecule has 3 rings (SSSR count). The van der Waals surface area contributed by atoms with Gasteiger partial charge in [0, 0.05) is 28.3 Å². The molecule has 1 aliphatic heterocycles. The predicted molar refractivity (Wildman–Crippen MR) is 111 cm³/mol. The summed E-state index contributed by atoms with van der Waals surface area (Å²) in [6, 6.07) is 11.1. The van der Waals surface area contributed by atoms with Crippen LogP contribution in [-0.4, -0.2) is 35.6 Å². The molecule has 4 nitrogen and oxygen atoms in total. The van der Waals surface area contributed by atoms with E-state index in [4.69, 9.17) is 0 Å².